The zero-order valence-corrected chi connectivity index (χ0v) is 10.1. The van der Waals surface area contributed by atoms with Gasteiger partial charge in [0.05, 0.1) is 3.57 Å². The maximum absolute atomic E-state index is 11.3. The molecule has 76 valence electrons. The third-order valence-electron chi connectivity index (χ3n) is 1.68. The number of allylic oxidation sites excluding steroid dienone is 2. The standard InChI is InChI=1S/C9H12IN3O/c1-2-3-4-5-13-6-7(10)8(11)12-9(13)14/h3-4,6H,2,5H2,1H3,(H2,11,12,14)/b4-3-. The molecule has 0 radical (unpaired) electrons. The van der Waals surface area contributed by atoms with Crippen molar-refractivity contribution in [2.75, 3.05) is 5.73 Å². The molecule has 0 aliphatic carbocycles. The van der Waals surface area contributed by atoms with E-state index in [9.17, 15) is 4.79 Å². The van der Waals surface area contributed by atoms with Crippen molar-refractivity contribution in [3.63, 3.8) is 0 Å². The van der Waals surface area contributed by atoms with Crippen LogP contribution in [0.5, 0.6) is 0 Å². The van der Waals surface area contributed by atoms with Crippen molar-refractivity contribution in [1.82, 2.24) is 9.55 Å². The van der Waals surface area contributed by atoms with Gasteiger partial charge in [-0.25, -0.2) is 4.79 Å². The summed E-state index contributed by atoms with van der Waals surface area (Å²) >= 11 is 2.06. The maximum Gasteiger partial charge on any atom is 0.349 e. The monoisotopic (exact) mass is 305 g/mol. The lowest BCUT2D eigenvalue weighted by Gasteiger charge is -2.02. The number of hydrogen-bond donors (Lipinski definition) is 1. The Balaban J connectivity index is 2.93. The number of hydrogen-bond acceptors (Lipinski definition) is 3. The summed E-state index contributed by atoms with van der Waals surface area (Å²) in [5.74, 6) is 0.298. The van der Waals surface area contributed by atoms with Gasteiger partial charge in [0, 0.05) is 12.7 Å². The number of anilines is 1. The molecule has 0 saturated carbocycles. The second-order valence-corrected chi connectivity index (χ2v) is 3.95. The molecule has 2 N–H and O–H groups in total. The molecule has 5 heteroatoms. The van der Waals surface area contributed by atoms with Crippen LogP contribution in [0.15, 0.2) is 23.1 Å². The van der Waals surface area contributed by atoms with Gasteiger partial charge in [-0.15, -0.1) is 0 Å². The number of nitrogen functional groups attached to an aromatic ring is 1. The van der Waals surface area contributed by atoms with Crippen molar-refractivity contribution in [3.05, 3.63) is 32.4 Å². The minimum absolute atomic E-state index is 0.298. The van der Waals surface area contributed by atoms with Crippen molar-refractivity contribution < 1.29 is 0 Å². The fourth-order valence-electron chi connectivity index (χ4n) is 0.964. The van der Waals surface area contributed by atoms with Crippen LogP contribution >= 0.6 is 22.6 Å². The highest BCUT2D eigenvalue weighted by Gasteiger charge is 2.00. The third kappa shape index (κ3) is 2.83. The smallest absolute Gasteiger partial charge is 0.349 e. The second kappa shape index (κ2) is 5.14. The summed E-state index contributed by atoms with van der Waals surface area (Å²) in [6.07, 6.45) is 6.63. The van der Waals surface area contributed by atoms with E-state index in [1.165, 1.54) is 4.57 Å². The Morgan fingerprint density at radius 3 is 3.00 bits per heavy atom. The quantitative estimate of drug-likeness (QED) is 0.678. The molecule has 0 unspecified atom stereocenters. The predicted molar refractivity (Wildman–Crippen MR) is 65.1 cm³/mol. The maximum atomic E-state index is 11.3. The summed E-state index contributed by atoms with van der Waals surface area (Å²) in [4.78, 5) is 15.0. The van der Waals surface area contributed by atoms with Gasteiger partial charge in [-0.2, -0.15) is 4.98 Å². The van der Waals surface area contributed by atoms with Crippen LogP contribution in [0, 0.1) is 3.57 Å². The van der Waals surface area contributed by atoms with Crippen LogP contribution in [0.1, 0.15) is 13.3 Å². The molecule has 1 aromatic heterocycles. The normalized spacial score (nSPS) is 11.0. The highest BCUT2D eigenvalue weighted by molar-refractivity contribution is 14.1. The average molecular weight is 305 g/mol. The zero-order valence-electron chi connectivity index (χ0n) is 7.90. The molecule has 0 bridgehead atoms. The summed E-state index contributed by atoms with van der Waals surface area (Å²) in [5.41, 5.74) is 5.19. The van der Waals surface area contributed by atoms with Gasteiger partial charge in [0.2, 0.25) is 0 Å². The van der Waals surface area contributed by atoms with Crippen LogP contribution in [0.3, 0.4) is 0 Å². The highest BCUT2D eigenvalue weighted by Crippen LogP contribution is 2.07. The van der Waals surface area contributed by atoms with Gasteiger partial charge in [-0.3, -0.25) is 4.57 Å². The molecule has 1 rings (SSSR count). The molecule has 4 nitrogen and oxygen atoms in total. The van der Waals surface area contributed by atoms with E-state index in [0.29, 0.717) is 12.4 Å². The first kappa shape index (κ1) is 11.2. The van der Waals surface area contributed by atoms with Gasteiger partial charge >= 0.3 is 5.69 Å². The van der Waals surface area contributed by atoms with Crippen LogP contribution < -0.4 is 11.4 Å². The Morgan fingerprint density at radius 1 is 1.64 bits per heavy atom. The van der Waals surface area contributed by atoms with E-state index < -0.39 is 0 Å². The van der Waals surface area contributed by atoms with Gasteiger partial charge in [-0.1, -0.05) is 19.1 Å². The minimum Gasteiger partial charge on any atom is -0.383 e. The van der Waals surface area contributed by atoms with Crippen molar-refractivity contribution >= 4 is 28.4 Å². The van der Waals surface area contributed by atoms with E-state index in [2.05, 4.69) is 27.6 Å². The topological polar surface area (TPSA) is 60.9 Å². The van der Waals surface area contributed by atoms with Crippen LogP contribution in [-0.2, 0) is 6.54 Å². The molecule has 0 aliphatic rings. The minimum atomic E-state index is -0.302. The fraction of sp³-hybridized carbons (Fsp3) is 0.333. The fourth-order valence-corrected chi connectivity index (χ4v) is 1.42. The second-order valence-electron chi connectivity index (χ2n) is 2.79. The third-order valence-corrected chi connectivity index (χ3v) is 2.51. The van der Waals surface area contributed by atoms with Gasteiger partial charge in [0.25, 0.3) is 0 Å². The van der Waals surface area contributed by atoms with E-state index in [0.717, 1.165) is 9.99 Å². The number of halogens is 1. The summed E-state index contributed by atoms with van der Waals surface area (Å²) in [7, 11) is 0. The first-order chi connectivity index (χ1) is 6.65. The lowest BCUT2D eigenvalue weighted by molar-refractivity contribution is 0.740. The molecule has 1 aromatic rings. The lowest BCUT2D eigenvalue weighted by atomic mass is 10.4. The van der Waals surface area contributed by atoms with Gasteiger partial charge in [-0.05, 0) is 29.0 Å². The van der Waals surface area contributed by atoms with E-state index in [1.54, 1.807) is 6.20 Å². The van der Waals surface area contributed by atoms with E-state index in [4.69, 9.17) is 5.73 Å². The molecule has 14 heavy (non-hydrogen) atoms. The van der Waals surface area contributed by atoms with E-state index in [1.807, 2.05) is 19.1 Å². The summed E-state index contributed by atoms with van der Waals surface area (Å²) in [6.45, 7) is 2.60. The first-order valence-corrected chi connectivity index (χ1v) is 5.40. The van der Waals surface area contributed by atoms with Gasteiger partial charge in [0.1, 0.15) is 5.82 Å². The Morgan fingerprint density at radius 2 is 2.36 bits per heavy atom. The van der Waals surface area contributed by atoms with Gasteiger partial charge in [0.15, 0.2) is 0 Å². The van der Waals surface area contributed by atoms with Crippen LogP contribution in [-0.4, -0.2) is 9.55 Å². The predicted octanol–water partition coefficient (Wildman–Crippen LogP) is 1.40. The number of rotatable bonds is 3. The number of nitrogens with zero attached hydrogens (tertiary/aromatic N) is 2. The molecule has 0 amide bonds. The number of nitrogens with two attached hydrogens (primary N) is 1. The SMILES string of the molecule is CC/C=C\Cn1cc(I)c(N)nc1=O. The summed E-state index contributed by atoms with van der Waals surface area (Å²) < 4.78 is 2.33. The lowest BCUT2D eigenvalue weighted by Crippen LogP contribution is -2.23. The summed E-state index contributed by atoms with van der Waals surface area (Å²) in [6, 6.07) is 0. The zero-order chi connectivity index (χ0) is 10.6. The number of aromatic nitrogens is 2. The Labute approximate surface area is 96.0 Å². The first-order valence-electron chi connectivity index (χ1n) is 4.32. The van der Waals surface area contributed by atoms with Crippen molar-refractivity contribution in [2.24, 2.45) is 0 Å². The van der Waals surface area contributed by atoms with Crippen molar-refractivity contribution in [2.45, 2.75) is 19.9 Å². The Kier molecular flexibility index (Phi) is 4.12. The van der Waals surface area contributed by atoms with Crippen LogP contribution in [0.2, 0.25) is 0 Å². The Hall–Kier alpha value is -0.850. The van der Waals surface area contributed by atoms with Gasteiger partial charge < -0.3 is 5.73 Å². The molecular formula is C9H12IN3O. The molecule has 0 saturated heterocycles. The molecule has 0 aromatic carbocycles. The van der Waals surface area contributed by atoms with Crippen LogP contribution in [0.4, 0.5) is 5.82 Å². The van der Waals surface area contributed by atoms with E-state index >= 15 is 0 Å². The average Bonchev–Trinajstić information content (AvgIpc) is 2.14. The van der Waals surface area contributed by atoms with Crippen molar-refractivity contribution in [3.8, 4) is 0 Å². The molecule has 0 aliphatic heterocycles. The molecule has 0 spiro atoms. The van der Waals surface area contributed by atoms with E-state index in [-0.39, 0.29) is 5.69 Å². The summed E-state index contributed by atoms with van der Waals surface area (Å²) in [5, 5.41) is 0. The molecule has 0 fully saturated rings. The molecular weight excluding hydrogens is 293 g/mol. The largest absolute Gasteiger partial charge is 0.383 e. The van der Waals surface area contributed by atoms with Crippen LogP contribution in [0.25, 0.3) is 0 Å². The Bertz CT molecular complexity index is 398. The molecule has 1 heterocycles. The molecule has 0 atom stereocenters. The van der Waals surface area contributed by atoms with Crippen molar-refractivity contribution in [1.29, 1.82) is 0 Å². The highest BCUT2D eigenvalue weighted by atomic mass is 127.